The molecule has 2 aromatic rings. The molecule has 0 aliphatic carbocycles. The fourth-order valence-electron chi connectivity index (χ4n) is 1.60. The van der Waals surface area contributed by atoms with Crippen LogP contribution in [-0.4, -0.2) is 10.7 Å². The Balaban J connectivity index is 2.20. The monoisotopic (exact) mass is 277 g/mol. The molecule has 0 fully saturated rings. The van der Waals surface area contributed by atoms with Crippen LogP contribution in [0.4, 0.5) is 5.69 Å². The van der Waals surface area contributed by atoms with Gasteiger partial charge in [-0.25, -0.2) is 0 Å². The molecule has 2 rings (SSSR count). The van der Waals surface area contributed by atoms with Gasteiger partial charge >= 0.3 is 0 Å². The molecule has 6 heteroatoms. The van der Waals surface area contributed by atoms with Crippen LogP contribution in [0.1, 0.15) is 23.0 Å². The Morgan fingerprint density at radius 2 is 2.21 bits per heavy atom. The van der Waals surface area contributed by atoms with E-state index in [4.69, 9.17) is 4.42 Å². The van der Waals surface area contributed by atoms with Crippen molar-refractivity contribution >= 4 is 23.2 Å². The van der Waals surface area contributed by atoms with E-state index in [2.05, 4.69) is 0 Å². The van der Waals surface area contributed by atoms with Crippen molar-refractivity contribution < 1.29 is 14.1 Å². The third-order valence-corrected chi connectivity index (χ3v) is 3.52. The second-order valence-corrected chi connectivity index (χ2v) is 4.91. The van der Waals surface area contributed by atoms with Gasteiger partial charge in [0.1, 0.15) is 5.76 Å². The van der Waals surface area contributed by atoms with E-state index in [9.17, 15) is 14.9 Å². The minimum atomic E-state index is -0.544. The minimum Gasteiger partial charge on any atom is -0.468 e. The highest BCUT2D eigenvalue weighted by Gasteiger charge is 2.17. The van der Waals surface area contributed by atoms with Crippen molar-refractivity contribution in [2.75, 3.05) is 0 Å². The molecule has 0 unspecified atom stereocenters. The summed E-state index contributed by atoms with van der Waals surface area (Å²) < 4.78 is 5.20. The number of rotatable bonds is 5. The van der Waals surface area contributed by atoms with Crippen LogP contribution in [0, 0.1) is 10.1 Å². The second-order valence-electron chi connectivity index (χ2n) is 3.86. The maximum atomic E-state index is 11.4. The first-order valence-electron chi connectivity index (χ1n) is 5.52. The summed E-state index contributed by atoms with van der Waals surface area (Å²) in [4.78, 5) is 22.5. The maximum absolute atomic E-state index is 11.4. The lowest BCUT2D eigenvalue weighted by atomic mass is 10.1. The predicted molar refractivity (Wildman–Crippen MR) is 71.4 cm³/mol. The first-order valence-corrected chi connectivity index (χ1v) is 6.51. The fourth-order valence-corrected chi connectivity index (χ4v) is 2.43. The van der Waals surface area contributed by atoms with Gasteiger partial charge < -0.3 is 4.42 Å². The molecule has 1 aromatic carbocycles. The summed E-state index contributed by atoms with van der Waals surface area (Å²) in [5, 5.41) is 10.8. The highest BCUT2D eigenvalue weighted by molar-refractivity contribution is 7.98. The van der Waals surface area contributed by atoms with Gasteiger partial charge in [-0.1, -0.05) is 0 Å². The van der Waals surface area contributed by atoms with E-state index in [-0.39, 0.29) is 17.0 Å². The molecule has 0 saturated heterocycles. The molecule has 1 aromatic heterocycles. The number of hydrogen-bond acceptors (Lipinski definition) is 5. The highest BCUT2D eigenvalue weighted by atomic mass is 32.2. The number of nitrogens with zero attached hydrogens (tertiary/aromatic N) is 1. The molecule has 0 aliphatic heterocycles. The van der Waals surface area contributed by atoms with Crippen LogP contribution in [-0.2, 0) is 5.75 Å². The van der Waals surface area contributed by atoms with Crippen molar-refractivity contribution in [3.63, 3.8) is 0 Å². The first-order chi connectivity index (χ1) is 9.08. The minimum absolute atomic E-state index is 0.134. The molecule has 5 nitrogen and oxygen atoms in total. The van der Waals surface area contributed by atoms with Crippen LogP contribution >= 0.6 is 11.8 Å². The van der Waals surface area contributed by atoms with Gasteiger partial charge in [0.25, 0.3) is 5.69 Å². The number of thioether (sulfide) groups is 1. The largest absolute Gasteiger partial charge is 0.468 e. The molecule has 98 valence electrons. The van der Waals surface area contributed by atoms with Gasteiger partial charge in [0.05, 0.1) is 22.5 Å². The van der Waals surface area contributed by atoms with Gasteiger partial charge in [-0.05, 0) is 31.2 Å². The van der Waals surface area contributed by atoms with E-state index in [0.29, 0.717) is 5.75 Å². The van der Waals surface area contributed by atoms with Crippen LogP contribution in [0.25, 0.3) is 0 Å². The van der Waals surface area contributed by atoms with Crippen molar-refractivity contribution in [1.82, 2.24) is 0 Å². The number of Topliss-reactive ketones (excluding diaryl/α,β-unsaturated/α-hetero) is 1. The third-order valence-electron chi connectivity index (χ3n) is 2.51. The Bertz CT molecular complexity index is 607. The van der Waals surface area contributed by atoms with Crippen LogP contribution in [0.15, 0.2) is 45.9 Å². The van der Waals surface area contributed by atoms with Gasteiger partial charge in [-0.2, -0.15) is 0 Å². The topological polar surface area (TPSA) is 73.3 Å². The van der Waals surface area contributed by atoms with Crippen molar-refractivity contribution in [2.45, 2.75) is 17.6 Å². The zero-order chi connectivity index (χ0) is 13.8. The number of ketones is 1. The van der Waals surface area contributed by atoms with Crippen LogP contribution in [0.5, 0.6) is 0 Å². The molecule has 0 amide bonds. The number of carbonyl (C=O) groups is 1. The zero-order valence-electron chi connectivity index (χ0n) is 10.2. The van der Waals surface area contributed by atoms with Crippen molar-refractivity contribution in [3.8, 4) is 0 Å². The number of nitro groups is 1. The van der Waals surface area contributed by atoms with E-state index in [1.165, 1.54) is 24.8 Å². The molecule has 0 aliphatic rings. The molecule has 0 spiro atoms. The van der Waals surface area contributed by atoms with Crippen LogP contribution in [0.3, 0.4) is 0 Å². The smallest absolute Gasteiger partial charge is 0.280 e. The van der Waals surface area contributed by atoms with Crippen molar-refractivity contribution in [3.05, 3.63) is 58.0 Å². The van der Waals surface area contributed by atoms with Crippen LogP contribution < -0.4 is 0 Å². The fraction of sp³-hybridized carbons (Fsp3) is 0.154. The van der Waals surface area contributed by atoms with Crippen molar-refractivity contribution in [2.24, 2.45) is 0 Å². The van der Waals surface area contributed by atoms with Gasteiger partial charge in [0, 0.05) is 11.0 Å². The third kappa shape index (κ3) is 3.23. The number of hydrogen-bond donors (Lipinski definition) is 0. The molecule has 1 heterocycles. The SMILES string of the molecule is CC(=O)c1cc(SCc2ccco2)ccc1[N+](=O)[O-]. The van der Waals surface area contributed by atoms with Gasteiger partial charge in [0.2, 0.25) is 0 Å². The lowest BCUT2D eigenvalue weighted by molar-refractivity contribution is -0.385. The number of nitro benzene ring substituents is 1. The summed E-state index contributed by atoms with van der Waals surface area (Å²) in [7, 11) is 0. The molecular weight excluding hydrogens is 266 g/mol. The van der Waals surface area contributed by atoms with E-state index >= 15 is 0 Å². The summed E-state index contributed by atoms with van der Waals surface area (Å²) >= 11 is 1.46. The quantitative estimate of drug-likeness (QED) is 0.361. The first kappa shape index (κ1) is 13.4. The molecule has 19 heavy (non-hydrogen) atoms. The number of furan rings is 1. The average molecular weight is 277 g/mol. The van der Waals surface area contributed by atoms with Crippen molar-refractivity contribution in [1.29, 1.82) is 0 Å². The van der Waals surface area contributed by atoms with E-state index < -0.39 is 4.92 Å². The van der Waals surface area contributed by atoms with Crippen LogP contribution in [0.2, 0.25) is 0 Å². The molecule has 0 radical (unpaired) electrons. The highest BCUT2D eigenvalue weighted by Crippen LogP contribution is 2.28. The Hall–Kier alpha value is -2.08. The molecule has 0 bridgehead atoms. The van der Waals surface area contributed by atoms with Gasteiger partial charge in [0.15, 0.2) is 5.78 Å². The Labute approximate surface area is 113 Å². The summed E-state index contributed by atoms with van der Waals surface area (Å²) in [6.07, 6.45) is 1.59. The molecule has 0 saturated carbocycles. The maximum Gasteiger partial charge on any atom is 0.280 e. The number of benzene rings is 1. The zero-order valence-corrected chi connectivity index (χ0v) is 11.0. The lowest BCUT2D eigenvalue weighted by Crippen LogP contribution is -2.00. The molecule has 0 N–H and O–H groups in total. The summed E-state index contributed by atoms with van der Waals surface area (Å²) in [6.45, 7) is 1.32. The summed E-state index contributed by atoms with van der Waals surface area (Å²) in [6, 6.07) is 8.20. The van der Waals surface area contributed by atoms with E-state index in [0.717, 1.165) is 10.7 Å². The summed E-state index contributed by atoms with van der Waals surface area (Å²) in [5.74, 6) is 1.11. The van der Waals surface area contributed by atoms with E-state index in [1.54, 1.807) is 24.5 Å². The molecule has 0 atom stereocenters. The standard InChI is InChI=1S/C13H11NO4S/c1-9(15)12-7-11(4-5-13(12)14(16)17)19-8-10-3-2-6-18-10/h2-7H,8H2,1H3. The summed E-state index contributed by atoms with van der Waals surface area (Å²) in [5.41, 5.74) is -0.0238. The Morgan fingerprint density at radius 3 is 2.79 bits per heavy atom. The lowest BCUT2D eigenvalue weighted by Gasteiger charge is -2.03. The Kier molecular flexibility index (Phi) is 4.01. The van der Waals surface area contributed by atoms with Gasteiger partial charge in [-0.3, -0.25) is 14.9 Å². The Morgan fingerprint density at radius 1 is 1.42 bits per heavy atom. The normalized spacial score (nSPS) is 10.4. The molecular formula is C13H11NO4S. The van der Waals surface area contributed by atoms with Gasteiger partial charge in [-0.15, -0.1) is 11.8 Å². The number of carbonyl (C=O) groups excluding carboxylic acids is 1. The predicted octanol–water partition coefficient (Wildman–Crippen LogP) is 3.68. The second kappa shape index (κ2) is 5.71. The average Bonchev–Trinajstić information content (AvgIpc) is 2.88. The van der Waals surface area contributed by atoms with E-state index in [1.807, 2.05) is 6.07 Å².